The van der Waals surface area contributed by atoms with Crippen molar-refractivity contribution in [1.29, 1.82) is 0 Å². The molecule has 0 radical (unpaired) electrons. The third-order valence-electron chi connectivity index (χ3n) is 0. The van der Waals surface area contributed by atoms with E-state index in [1.165, 1.54) is 0 Å². The third kappa shape index (κ3) is 33.3. The van der Waals surface area contributed by atoms with E-state index in [4.69, 9.17) is 30.4 Å². The molecule has 3 N–H and O–H groups in total. The van der Waals surface area contributed by atoms with Gasteiger partial charge in [0.1, 0.15) is 0 Å². The molecule has 0 aromatic rings. The quantitative estimate of drug-likeness (QED) is 0.612. The summed E-state index contributed by atoms with van der Waals surface area (Å²) >= 11 is 0. The summed E-state index contributed by atoms with van der Waals surface area (Å²) in [5, 5.41) is 0. The summed E-state index contributed by atoms with van der Waals surface area (Å²) in [6, 6.07) is 0. The fourth-order valence-electron chi connectivity index (χ4n) is 0. The van der Waals surface area contributed by atoms with Gasteiger partial charge in [0.2, 0.25) is 0 Å². The molecule has 1 nitrogen and oxygen atoms in total. The minimum atomic E-state index is -1.19. The molecule has 5 heteroatoms. The molecular weight excluding hydrogens is 179 g/mol. The van der Waals surface area contributed by atoms with Crippen LogP contribution < -0.4 is 6.15 Å². The first-order chi connectivity index (χ1) is 1.73. The van der Waals surface area contributed by atoms with E-state index in [9.17, 15) is 0 Å². The number of halogens is 3. The maximum absolute atomic E-state index is 4.87. The molecule has 0 bridgehead atoms. The summed E-state index contributed by atoms with van der Waals surface area (Å²) in [7, 11) is 13.4. The van der Waals surface area contributed by atoms with E-state index in [1.54, 1.807) is 0 Å². The van der Waals surface area contributed by atoms with Gasteiger partial charge in [-0.1, -0.05) is 0 Å². The van der Waals surface area contributed by atoms with Crippen LogP contribution in [-0.4, -0.2) is 0 Å². The van der Waals surface area contributed by atoms with E-state index in [2.05, 4.69) is 0 Å². The topological polar surface area (TPSA) is 35.0 Å². The molecule has 0 amide bonds. The van der Waals surface area contributed by atoms with Crippen molar-refractivity contribution in [3.05, 3.63) is 0 Å². The van der Waals surface area contributed by atoms with Crippen molar-refractivity contribution in [1.82, 2.24) is 6.15 Å². The van der Waals surface area contributed by atoms with Gasteiger partial charge in [0.05, 0.1) is 0 Å². The predicted molar refractivity (Wildman–Crippen MR) is 22.6 cm³/mol. The van der Waals surface area contributed by atoms with E-state index in [1.807, 2.05) is 0 Å². The van der Waals surface area contributed by atoms with Gasteiger partial charge in [0.15, 0.2) is 0 Å². The van der Waals surface area contributed by atoms with E-state index < -0.39 is 10.9 Å². The monoisotopic (exact) mass is 181 g/mol. The van der Waals surface area contributed by atoms with Gasteiger partial charge in [-0.3, -0.25) is 0 Å². The van der Waals surface area contributed by atoms with Crippen molar-refractivity contribution in [3.63, 3.8) is 0 Å². The van der Waals surface area contributed by atoms with E-state index in [-0.39, 0.29) is 6.15 Å². The maximum atomic E-state index is 4.87. The van der Waals surface area contributed by atoms with E-state index in [0.717, 1.165) is 0 Å². The van der Waals surface area contributed by atoms with Gasteiger partial charge in [0, 0.05) is 0 Å². The molecule has 5 heavy (non-hydrogen) atoms. The van der Waals surface area contributed by atoms with Crippen LogP contribution in [0.5, 0.6) is 0 Å². The van der Waals surface area contributed by atoms with Crippen molar-refractivity contribution in [2.75, 3.05) is 0 Å². The Balaban J connectivity index is 0. The normalized spacial score (nSPS) is 9.00. The average molecular weight is 182 g/mol. The molecule has 0 rings (SSSR count). The zero-order valence-electron chi connectivity index (χ0n) is 2.17. The Morgan fingerprint density at radius 3 is 1.00 bits per heavy atom. The standard InChI is InChI=1S/3ClH.Co.H3N/h3*1H;;1H3/q;;;+3;/p-3. The molecule has 0 aromatic heterocycles. The zero-order chi connectivity index (χ0) is 3.58. The van der Waals surface area contributed by atoms with Crippen LogP contribution in [0.25, 0.3) is 0 Å². The molecule has 0 fully saturated rings. The van der Waals surface area contributed by atoms with Crippen LogP contribution in [0.4, 0.5) is 0 Å². The van der Waals surface area contributed by atoms with Crippen molar-refractivity contribution >= 4 is 30.4 Å². The Morgan fingerprint density at radius 2 is 1.00 bits per heavy atom. The number of hydrogen-bond acceptors (Lipinski definition) is 1. The van der Waals surface area contributed by atoms with Crippen molar-refractivity contribution in [2.45, 2.75) is 0 Å². The third-order valence-corrected chi connectivity index (χ3v) is 0. The van der Waals surface area contributed by atoms with Gasteiger partial charge in [-0.05, 0) is 0 Å². The molecule has 0 aromatic carbocycles. The van der Waals surface area contributed by atoms with Crippen LogP contribution in [0.3, 0.4) is 0 Å². The Labute approximate surface area is 47.7 Å². The first-order valence-corrected chi connectivity index (χ1v) is 4.68. The van der Waals surface area contributed by atoms with Crippen molar-refractivity contribution in [3.8, 4) is 0 Å². The number of rotatable bonds is 0. The van der Waals surface area contributed by atoms with Gasteiger partial charge >= 0.3 is 41.4 Å². The van der Waals surface area contributed by atoms with Crippen LogP contribution in [0.1, 0.15) is 0 Å². The summed E-state index contributed by atoms with van der Waals surface area (Å²) in [6.45, 7) is 0. The first kappa shape index (κ1) is 9.60. The second kappa shape index (κ2) is 5.34. The van der Waals surface area contributed by atoms with Crippen LogP contribution in [0.15, 0.2) is 0 Å². The fraction of sp³-hybridized carbons (Fsp3) is 0. The summed E-state index contributed by atoms with van der Waals surface area (Å²) in [5.74, 6) is 0. The predicted octanol–water partition coefficient (Wildman–Crippen LogP) is 2.23. The van der Waals surface area contributed by atoms with Crippen molar-refractivity contribution in [2.24, 2.45) is 0 Å². The molecule has 0 unspecified atom stereocenters. The summed E-state index contributed by atoms with van der Waals surface area (Å²) in [4.78, 5) is 0. The van der Waals surface area contributed by atoms with Crippen LogP contribution >= 0.6 is 30.4 Å². The van der Waals surface area contributed by atoms with Gasteiger partial charge in [-0.2, -0.15) is 0 Å². The molecule has 0 atom stereocenters. The fourth-order valence-corrected chi connectivity index (χ4v) is 0. The molecule has 0 aliphatic rings. The van der Waals surface area contributed by atoms with Gasteiger partial charge in [0.25, 0.3) is 0 Å². The molecule has 0 aliphatic heterocycles. The van der Waals surface area contributed by atoms with E-state index in [0.29, 0.717) is 0 Å². The zero-order valence-corrected chi connectivity index (χ0v) is 5.48. The van der Waals surface area contributed by atoms with Gasteiger partial charge in [-0.25, -0.2) is 0 Å². The number of hydrogen-bond donors (Lipinski definition) is 1. The van der Waals surface area contributed by atoms with Crippen LogP contribution in [0.2, 0.25) is 0 Å². The van der Waals surface area contributed by atoms with Gasteiger partial charge < -0.3 is 6.15 Å². The first-order valence-electron chi connectivity index (χ1n) is 0.378. The molecule has 0 spiro atoms. The molecule has 0 saturated heterocycles. The second-order valence-electron chi connectivity index (χ2n) is 0.143. The Bertz CT molecular complexity index is 11.6. The second-order valence-corrected chi connectivity index (χ2v) is 5.30. The molecule has 0 saturated carbocycles. The Morgan fingerprint density at radius 1 is 1.00 bits per heavy atom. The Hall–Kier alpha value is 1.34. The van der Waals surface area contributed by atoms with Crippen molar-refractivity contribution < 1.29 is 10.9 Å². The summed E-state index contributed by atoms with van der Waals surface area (Å²) in [5.41, 5.74) is 0. The minimum absolute atomic E-state index is 0. The SMILES string of the molecule is N.[Cl][Co]([Cl])[Cl]. The summed E-state index contributed by atoms with van der Waals surface area (Å²) in [6.07, 6.45) is 0. The van der Waals surface area contributed by atoms with Crippen LogP contribution in [0, 0.1) is 0 Å². The molecule has 38 valence electrons. The Kier molecular flexibility index (Phi) is 10.2. The van der Waals surface area contributed by atoms with Gasteiger partial charge in [-0.15, -0.1) is 0 Å². The molecule has 0 aliphatic carbocycles. The van der Waals surface area contributed by atoms with E-state index >= 15 is 0 Å². The van der Waals surface area contributed by atoms with Crippen LogP contribution in [-0.2, 0) is 10.9 Å². The summed E-state index contributed by atoms with van der Waals surface area (Å²) < 4.78 is 0. The molecule has 0 heterocycles. The molecular formula is H3Cl3CoN. The average Bonchev–Trinajstić information content (AvgIpc) is 0.811.